The van der Waals surface area contributed by atoms with Crippen molar-refractivity contribution in [1.29, 1.82) is 0 Å². The zero-order valence-electron chi connectivity index (χ0n) is 16.4. The van der Waals surface area contributed by atoms with Gasteiger partial charge in [0.05, 0.1) is 27.0 Å². The highest BCUT2D eigenvalue weighted by Gasteiger charge is 2.18. The largest absolute Gasteiger partial charge is 0.493 e. The highest BCUT2D eigenvalue weighted by molar-refractivity contribution is 7.13. The maximum absolute atomic E-state index is 12.3. The van der Waals surface area contributed by atoms with Gasteiger partial charge in [0, 0.05) is 10.9 Å². The molecule has 0 radical (unpaired) electrons. The van der Waals surface area contributed by atoms with Gasteiger partial charge in [-0.1, -0.05) is 0 Å². The minimum Gasteiger partial charge on any atom is -0.493 e. The molecule has 0 saturated carbocycles. The van der Waals surface area contributed by atoms with Gasteiger partial charge < -0.3 is 24.3 Å². The standard InChI is InChI=1S/C18H21N3O7S/c1-10-9-29-18(20-10)21-14(22)8-28-15(23)7-19-17(24)11-5-12(25-2)16(27-4)13(6-11)26-3/h5-6,9H,7-8H2,1-4H3,(H,19,24)(H,20,21,22). The van der Waals surface area contributed by atoms with E-state index in [0.29, 0.717) is 22.4 Å². The van der Waals surface area contributed by atoms with E-state index in [1.54, 1.807) is 12.3 Å². The van der Waals surface area contributed by atoms with Gasteiger partial charge in [0.2, 0.25) is 5.75 Å². The molecule has 2 amide bonds. The number of methoxy groups -OCH3 is 3. The number of carbonyl (C=O) groups excluding carboxylic acids is 3. The lowest BCUT2D eigenvalue weighted by atomic mass is 10.1. The number of rotatable bonds is 9. The number of aromatic nitrogens is 1. The van der Waals surface area contributed by atoms with Gasteiger partial charge in [-0.15, -0.1) is 11.3 Å². The van der Waals surface area contributed by atoms with Gasteiger partial charge in [-0.3, -0.25) is 19.7 Å². The Labute approximate surface area is 171 Å². The van der Waals surface area contributed by atoms with Crippen molar-refractivity contribution in [1.82, 2.24) is 10.3 Å². The zero-order valence-corrected chi connectivity index (χ0v) is 17.2. The SMILES string of the molecule is COc1cc(C(=O)NCC(=O)OCC(=O)Nc2nc(C)cs2)cc(OC)c1OC. The lowest BCUT2D eigenvalue weighted by Gasteiger charge is -2.14. The first-order valence-electron chi connectivity index (χ1n) is 8.33. The molecule has 0 bridgehead atoms. The van der Waals surface area contributed by atoms with Crippen LogP contribution in [0.25, 0.3) is 0 Å². The van der Waals surface area contributed by atoms with Crippen LogP contribution in [0.2, 0.25) is 0 Å². The number of benzene rings is 1. The molecule has 0 aliphatic heterocycles. The number of hydrogen-bond donors (Lipinski definition) is 2. The minimum atomic E-state index is -0.767. The van der Waals surface area contributed by atoms with Gasteiger partial charge in [-0.05, 0) is 19.1 Å². The molecule has 11 heteroatoms. The first-order valence-corrected chi connectivity index (χ1v) is 9.21. The van der Waals surface area contributed by atoms with Gasteiger partial charge in [0.1, 0.15) is 6.54 Å². The molecule has 1 heterocycles. The summed E-state index contributed by atoms with van der Waals surface area (Å²) in [4.78, 5) is 39.9. The predicted molar refractivity (Wildman–Crippen MR) is 105 cm³/mol. The van der Waals surface area contributed by atoms with Crippen LogP contribution in [0.5, 0.6) is 17.2 Å². The molecule has 0 atom stereocenters. The van der Waals surface area contributed by atoms with Crippen molar-refractivity contribution in [3.05, 3.63) is 28.8 Å². The Morgan fingerprint density at radius 2 is 1.72 bits per heavy atom. The Hall–Kier alpha value is -3.34. The maximum atomic E-state index is 12.3. The molecule has 2 rings (SSSR count). The van der Waals surface area contributed by atoms with Crippen molar-refractivity contribution in [2.45, 2.75) is 6.92 Å². The van der Waals surface area contributed by atoms with E-state index < -0.39 is 30.9 Å². The Morgan fingerprint density at radius 1 is 1.07 bits per heavy atom. The molecule has 1 aromatic carbocycles. The molecule has 0 spiro atoms. The van der Waals surface area contributed by atoms with Gasteiger partial charge in [0.15, 0.2) is 23.2 Å². The summed E-state index contributed by atoms with van der Waals surface area (Å²) in [6.45, 7) is 0.888. The third kappa shape index (κ3) is 6.07. The molecular formula is C18H21N3O7S. The summed E-state index contributed by atoms with van der Waals surface area (Å²) in [5.74, 6) is -0.904. The average Bonchev–Trinajstić information content (AvgIpc) is 3.13. The fourth-order valence-corrected chi connectivity index (χ4v) is 2.93. The van der Waals surface area contributed by atoms with Crippen LogP contribution in [0, 0.1) is 6.92 Å². The van der Waals surface area contributed by atoms with Crippen molar-refractivity contribution in [2.75, 3.05) is 39.8 Å². The van der Waals surface area contributed by atoms with Crippen molar-refractivity contribution in [3.63, 3.8) is 0 Å². The predicted octanol–water partition coefficient (Wildman–Crippen LogP) is 1.39. The summed E-state index contributed by atoms with van der Waals surface area (Å²) in [7, 11) is 4.30. The number of anilines is 1. The van der Waals surface area contributed by atoms with E-state index in [-0.39, 0.29) is 5.56 Å². The Kier molecular flexibility index (Phi) is 7.78. The number of ether oxygens (including phenoxy) is 4. The van der Waals surface area contributed by atoms with E-state index >= 15 is 0 Å². The molecule has 0 aliphatic rings. The number of nitrogens with one attached hydrogen (secondary N) is 2. The van der Waals surface area contributed by atoms with Crippen LogP contribution in [0.1, 0.15) is 16.1 Å². The highest BCUT2D eigenvalue weighted by Crippen LogP contribution is 2.38. The summed E-state index contributed by atoms with van der Waals surface area (Å²) in [5, 5.41) is 7.11. The molecule has 0 saturated heterocycles. The van der Waals surface area contributed by atoms with Crippen LogP contribution in [0.4, 0.5) is 5.13 Å². The Balaban J connectivity index is 1.86. The van der Waals surface area contributed by atoms with Crippen LogP contribution in [-0.2, 0) is 14.3 Å². The second kappa shape index (κ2) is 10.3. The lowest BCUT2D eigenvalue weighted by molar-refractivity contribution is -0.146. The number of esters is 1. The van der Waals surface area contributed by atoms with E-state index in [1.165, 1.54) is 44.8 Å². The van der Waals surface area contributed by atoms with Gasteiger partial charge >= 0.3 is 5.97 Å². The highest BCUT2D eigenvalue weighted by atomic mass is 32.1. The van der Waals surface area contributed by atoms with Crippen LogP contribution < -0.4 is 24.8 Å². The first kappa shape index (κ1) is 22.0. The molecule has 0 fully saturated rings. The third-order valence-electron chi connectivity index (χ3n) is 3.55. The van der Waals surface area contributed by atoms with E-state index in [1.807, 2.05) is 0 Å². The first-order chi connectivity index (χ1) is 13.9. The fourth-order valence-electron chi connectivity index (χ4n) is 2.23. The second-order valence-electron chi connectivity index (χ2n) is 5.60. The molecule has 2 N–H and O–H groups in total. The van der Waals surface area contributed by atoms with E-state index in [4.69, 9.17) is 18.9 Å². The molecule has 2 aromatic rings. The van der Waals surface area contributed by atoms with Crippen LogP contribution in [-0.4, -0.2) is 57.2 Å². The van der Waals surface area contributed by atoms with Crippen molar-refractivity contribution >= 4 is 34.3 Å². The van der Waals surface area contributed by atoms with Gasteiger partial charge in [-0.2, -0.15) is 0 Å². The zero-order chi connectivity index (χ0) is 21.4. The van der Waals surface area contributed by atoms with E-state index in [9.17, 15) is 14.4 Å². The number of hydrogen-bond acceptors (Lipinski definition) is 9. The van der Waals surface area contributed by atoms with Crippen molar-refractivity contribution in [2.24, 2.45) is 0 Å². The lowest BCUT2D eigenvalue weighted by Crippen LogP contribution is -2.32. The molecule has 156 valence electrons. The number of carbonyl (C=O) groups is 3. The number of nitrogens with zero attached hydrogens (tertiary/aromatic N) is 1. The monoisotopic (exact) mass is 423 g/mol. The summed E-state index contributed by atoms with van der Waals surface area (Å²) < 4.78 is 20.4. The van der Waals surface area contributed by atoms with Crippen molar-refractivity contribution < 1.29 is 33.3 Å². The quantitative estimate of drug-likeness (QED) is 0.580. The summed E-state index contributed by atoms with van der Waals surface area (Å²) in [6.07, 6.45) is 0. The van der Waals surface area contributed by atoms with Crippen LogP contribution in [0.15, 0.2) is 17.5 Å². The van der Waals surface area contributed by atoms with Gasteiger partial charge in [-0.25, -0.2) is 4.98 Å². The number of aryl methyl sites for hydroxylation is 1. The molecule has 0 unspecified atom stereocenters. The van der Waals surface area contributed by atoms with Crippen molar-refractivity contribution in [3.8, 4) is 17.2 Å². The fraction of sp³-hybridized carbons (Fsp3) is 0.333. The van der Waals surface area contributed by atoms with Gasteiger partial charge in [0.25, 0.3) is 11.8 Å². The Morgan fingerprint density at radius 3 is 2.24 bits per heavy atom. The number of thiazole rings is 1. The molecule has 10 nitrogen and oxygen atoms in total. The summed E-state index contributed by atoms with van der Waals surface area (Å²) in [5.41, 5.74) is 0.973. The number of amides is 2. The smallest absolute Gasteiger partial charge is 0.325 e. The van der Waals surface area contributed by atoms with E-state index in [2.05, 4.69) is 15.6 Å². The Bertz CT molecular complexity index is 872. The normalized spacial score (nSPS) is 10.1. The molecular weight excluding hydrogens is 402 g/mol. The molecule has 0 aliphatic carbocycles. The second-order valence-corrected chi connectivity index (χ2v) is 6.46. The topological polar surface area (TPSA) is 125 Å². The average molecular weight is 423 g/mol. The van der Waals surface area contributed by atoms with Crippen LogP contribution in [0.3, 0.4) is 0 Å². The molecule has 29 heavy (non-hydrogen) atoms. The third-order valence-corrected chi connectivity index (χ3v) is 4.43. The van der Waals surface area contributed by atoms with Crippen LogP contribution >= 0.6 is 11.3 Å². The molecule has 1 aromatic heterocycles. The maximum Gasteiger partial charge on any atom is 0.325 e. The van der Waals surface area contributed by atoms with E-state index in [0.717, 1.165) is 5.69 Å². The minimum absolute atomic E-state index is 0.198. The summed E-state index contributed by atoms with van der Waals surface area (Å²) in [6, 6.07) is 2.90. The summed E-state index contributed by atoms with van der Waals surface area (Å²) >= 11 is 1.26.